The number of carbonyl (C=O) groups is 1. The average molecular weight is 179 g/mol. The van der Waals surface area contributed by atoms with Crippen LogP contribution in [-0.4, -0.2) is 5.91 Å². The minimum absolute atomic E-state index is 0.156. The van der Waals surface area contributed by atoms with E-state index in [1.54, 1.807) is 0 Å². The van der Waals surface area contributed by atoms with Gasteiger partial charge in [-0.25, -0.2) is 5.84 Å². The molecular formula is C9H13N3O. The van der Waals surface area contributed by atoms with Gasteiger partial charge in [0, 0.05) is 12.1 Å². The average Bonchev–Trinajstić information content (AvgIpc) is 2.16. The maximum Gasteiger partial charge on any atom is 0.234 e. The van der Waals surface area contributed by atoms with Gasteiger partial charge >= 0.3 is 0 Å². The van der Waals surface area contributed by atoms with Crippen molar-refractivity contribution in [2.45, 2.75) is 12.8 Å². The molecule has 0 saturated carbocycles. The number of hydrogen-bond acceptors (Lipinski definition) is 3. The highest BCUT2D eigenvalue weighted by Crippen LogP contribution is 2.07. The molecule has 0 aliphatic rings. The standard InChI is InChI=1S/C9H13N3O/c10-8-4-1-7(2-5-8)3-6-9(13)12-11/h1-2,4-5H,3,6,10-11H2,(H,12,13). The summed E-state index contributed by atoms with van der Waals surface area (Å²) < 4.78 is 0. The second kappa shape index (κ2) is 4.47. The highest BCUT2D eigenvalue weighted by molar-refractivity contribution is 5.75. The molecule has 0 aliphatic carbocycles. The van der Waals surface area contributed by atoms with E-state index in [9.17, 15) is 4.79 Å². The highest BCUT2D eigenvalue weighted by Gasteiger charge is 1.98. The van der Waals surface area contributed by atoms with Crippen molar-refractivity contribution in [3.05, 3.63) is 29.8 Å². The number of anilines is 1. The third-order valence-electron chi connectivity index (χ3n) is 1.78. The molecule has 0 heterocycles. The first-order chi connectivity index (χ1) is 6.22. The van der Waals surface area contributed by atoms with Crippen molar-refractivity contribution in [3.63, 3.8) is 0 Å². The summed E-state index contributed by atoms with van der Waals surface area (Å²) in [5.74, 6) is 4.79. The van der Waals surface area contributed by atoms with Gasteiger partial charge in [0.1, 0.15) is 0 Å². The summed E-state index contributed by atoms with van der Waals surface area (Å²) in [6, 6.07) is 7.43. The maximum atomic E-state index is 10.8. The first kappa shape index (κ1) is 9.54. The van der Waals surface area contributed by atoms with Crippen LogP contribution in [0.2, 0.25) is 0 Å². The number of nitrogens with one attached hydrogen (secondary N) is 1. The summed E-state index contributed by atoms with van der Waals surface area (Å²) in [6.07, 6.45) is 1.09. The van der Waals surface area contributed by atoms with Gasteiger partial charge in [-0.2, -0.15) is 0 Å². The zero-order valence-electron chi connectivity index (χ0n) is 7.29. The molecule has 5 N–H and O–H groups in total. The van der Waals surface area contributed by atoms with E-state index in [-0.39, 0.29) is 5.91 Å². The molecule has 0 bridgehead atoms. The number of amides is 1. The predicted molar refractivity (Wildman–Crippen MR) is 51.5 cm³/mol. The van der Waals surface area contributed by atoms with Gasteiger partial charge in [0.25, 0.3) is 0 Å². The molecule has 1 aromatic rings. The van der Waals surface area contributed by atoms with Gasteiger partial charge < -0.3 is 5.73 Å². The lowest BCUT2D eigenvalue weighted by Crippen LogP contribution is -2.30. The van der Waals surface area contributed by atoms with Crippen molar-refractivity contribution in [1.29, 1.82) is 0 Å². The maximum absolute atomic E-state index is 10.8. The van der Waals surface area contributed by atoms with E-state index in [1.165, 1.54) is 0 Å². The Morgan fingerprint density at radius 3 is 2.46 bits per heavy atom. The SMILES string of the molecule is NNC(=O)CCc1ccc(N)cc1. The number of hydrogen-bond donors (Lipinski definition) is 3. The normalized spacial score (nSPS) is 9.62. The van der Waals surface area contributed by atoms with Crippen LogP contribution in [0.1, 0.15) is 12.0 Å². The van der Waals surface area contributed by atoms with Crippen LogP contribution >= 0.6 is 0 Å². The molecule has 0 atom stereocenters. The van der Waals surface area contributed by atoms with E-state index in [0.717, 1.165) is 11.3 Å². The number of nitrogen functional groups attached to an aromatic ring is 1. The smallest absolute Gasteiger partial charge is 0.234 e. The lowest BCUT2D eigenvalue weighted by molar-refractivity contribution is -0.121. The van der Waals surface area contributed by atoms with Gasteiger partial charge in [0.15, 0.2) is 0 Å². The third kappa shape index (κ3) is 3.13. The summed E-state index contributed by atoms with van der Waals surface area (Å²) in [4.78, 5) is 10.8. The zero-order chi connectivity index (χ0) is 9.68. The van der Waals surface area contributed by atoms with Gasteiger partial charge in [-0.05, 0) is 24.1 Å². The minimum atomic E-state index is -0.156. The Bertz CT molecular complexity index is 281. The Morgan fingerprint density at radius 2 is 1.92 bits per heavy atom. The molecule has 0 fully saturated rings. The van der Waals surface area contributed by atoms with Crippen molar-refractivity contribution in [3.8, 4) is 0 Å². The topological polar surface area (TPSA) is 81.1 Å². The summed E-state index contributed by atoms with van der Waals surface area (Å²) in [6.45, 7) is 0. The first-order valence-corrected chi connectivity index (χ1v) is 4.06. The third-order valence-corrected chi connectivity index (χ3v) is 1.78. The number of benzene rings is 1. The van der Waals surface area contributed by atoms with Gasteiger partial charge in [-0.1, -0.05) is 12.1 Å². The molecule has 0 spiro atoms. The lowest BCUT2D eigenvalue weighted by Gasteiger charge is -2.00. The van der Waals surface area contributed by atoms with Gasteiger partial charge in [0.2, 0.25) is 5.91 Å². The van der Waals surface area contributed by atoms with Gasteiger partial charge in [0.05, 0.1) is 0 Å². The number of hydrazine groups is 1. The van der Waals surface area contributed by atoms with Crippen LogP contribution in [0.3, 0.4) is 0 Å². The van der Waals surface area contributed by atoms with E-state index in [0.29, 0.717) is 12.8 Å². The van der Waals surface area contributed by atoms with Crippen molar-refractivity contribution in [1.82, 2.24) is 5.43 Å². The largest absolute Gasteiger partial charge is 0.399 e. The number of nitrogens with two attached hydrogens (primary N) is 2. The van der Waals surface area contributed by atoms with Crippen molar-refractivity contribution < 1.29 is 4.79 Å². The molecule has 0 aromatic heterocycles. The number of carbonyl (C=O) groups excluding carboxylic acids is 1. The van der Waals surface area contributed by atoms with Crippen LogP contribution in [0.25, 0.3) is 0 Å². The molecule has 1 rings (SSSR count). The summed E-state index contributed by atoms with van der Waals surface area (Å²) in [5, 5.41) is 0. The van der Waals surface area contributed by atoms with Crippen LogP contribution in [0.15, 0.2) is 24.3 Å². The van der Waals surface area contributed by atoms with Crippen molar-refractivity contribution in [2.75, 3.05) is 5.73 Å². The van der Waals surface area contributed by atoms with E-state index in [4.69, 9.17) is 11.6 Å². The fraction of sp³-hybridized carbons (Fsp3) is 0.222. The Morgan fingerprint density at radius 1 is 1.31 bits per heavy atom. The fourth-order valence-electron chi connectivity index (χ4n) is 1.01. The summed E-state index contributed by atoms with van der Waals surface area (Å²) >= 11 is 0. The molecular weight excluding hydrogens is 166 g/mol. The summed E-state index contributed by atoms with van der Waals surface area (Å²) in [5.41, 5.74) is 9.40. The number of aryl methyl sites for hydroxylation is 1. The second-order valence-electron chi connectivity index (χ2n) is 2.81. The Kier molecular flexibility index (Phi) is 3.28. The van der Waals surface area contributed by atoms with E-state index >= 15 is 0 Å². The van der Waals surface area contributed by atoms with Crippen molar-refractivity contribution in [2.24, 2.45) is 5.84 Å². The zero-order valence-corrected chi connectivity index (χ0v) is 7.29. The highest BCUT2D eigenvalue weighted by atomic mass is 16.2. The van der Waals surface area contributed by atoms with E-state index < -0.39 is 0 Å². The Hall–Kier alpha value is -1.55. The molecule has 0 saturated heterocycles. The molecule has 70 valence electrons. The van der Waals surface area contributed by atoms with E-state index in [1.807, 2.05) is 24.3 Å². The van der Waals surface area contributed by atoms with Crippen LogP contribution < -0.4 is 17.0 Å². The second-order valence-corrected chi connectivity index (χ2v) is 2.81. The Labute approximate surface area is 76.9 Å². The van der Waals surface area contributed by atoms with Gasteiger partial charge in [-0.3, -0.25) is 10.2 Å². The molecule has 0 aliphatic heterocycles. The lowest BCUT2D eigenvalue weighted by atomic mass is 10.1. The minimum Gasteiger partial charge on any atom is -0.399 e. The first-order valence-electron chi connectivity index (χ1n) is 4.06. The monoisotopic (exact) mass is 179 g/mol. The summed E-state index contributed by atoms with van der Waals surface area (Å²) in [7, 11) is 0. The molecule has 13 heavy (non-hydrogen) atoms. The van der Waals surface area contributed by atoms with Crippen LogP contribution in [-0.2, 0) is 11.2 Å². The fourth-order valence-corrected chi connectivity index (χ4v) is 1.01. The van der Waals surface area contributed by atoms with Crippen molar-refractivity contribution >= 4 is 11.6 Å². The van der Waals surface area contributed by atoms with Crippen LogP contribution in [0.5, 0.6) is 0 Å². The number of rotatable bonds is 3. The van der Waals surface area contributed by atoms with E-state index in [2.05, 4.69) is 5.43 Å². The molecule has 4 nitrogen and oxygen atoms in total. The van der Waals surface area contributed by atoms with Gasteiger partial charge in [-0.15, -0.1) is 0 Å². The van der Waals surface area contributed by atoms with Crippen LogP contribution in [0, 0.1) is 0 Å². The quantitative estimate of drug-likeness (QED) is 0.268. The molecule has 0 radical (unpaired) electrons. The van der Waals surface area contributed by atoms with Crippen LogP contribution in [0.4, 0.5) is 5.69 Å². The predicted octanol–water partition coefficient (Wildman–Crippen LogP) is 0.191. The molecule has 4 heteroatoms. The Balaban J connectivity index is 2.46. The molecule has 1 aromatic carbocycles. The molecule has 1 amide bonds. The molecule has 0 unspecified atom stereocenters.